The summed E-state index contributed by atoms with van der Waals surface area (Å²) in [6, 6.07) is 9.73. The molecule has 128 valence electrons. The van der Waals surface area contributed by atoms with E-state index in [-0.39, 0.29) is 18.6 Å². The van der Waals surface area contributed by atoms with Crippen LogP contribution in [0.4, 0.5) is 0 Å². The number of benzene rings is 1. The highest BCUT2D eigenvalue weighted by Gasteiger charge is 2.26. The molecule has 1 aliphatic rings. The van der Waals surface area contributed by atoms with Crippen molar-refractivity contribution in [1.29, 1.82) is 0 Å². The van der Waals surface area contributed by atoms with Gasteiger partial charge in [-0.25, -0.2) is 0 Å². The molecular formula is C19H24N2O3. The van der Waals surface area contributed by atoms with E-state index in [2.05, 4.69) is 17.4 Å². The Morgan fingerprint density at radius 2 is 2.04 bits per heavy atom. The van der Waals surface area contributed by atoms with Crippen LogP contribution < -0.4 is 10.1 Å². The van der Waals surface area contributed by atoms with Crippen molar-refractivity contribution >= 4 is 5.91 Å². The Labute approximate surface area is 142 Å². The average Bonchev–Trinajstić information content (AvgIpc) is 2.97. The number of carbonyl (C=O) groups is 1. The fraction of sp³-hybridized carbons (Fsp3) is 0.474. The second-order valence-electron chi connectivity index (χ2n) is 6.51. The van der Waals surface area contributed by atoms with E-state index >= 15 is 0 Å². The average molecular weight is 328 g/mol. The normalized spacial score (nSPS) is 20.6. The molecule has 0 aliphatic heterocycles. The highest BCUT2D eigenvalue weighted by molar-refractivity contribution is 5.94. The molecule has 1 heterocycles. The summed E-state index contributed by atoms with van der Waals surface area (Å²) in [5, 5.41) is 7.07. The van der Waals surface area contributed by atoms with Crippen molar-refractivity contribution in [3.05, 3.63) is 47.3 Å². The molecule has 3 rings (SSSR count). The number of hydrogen-bond acceptors (Lipinski definition) is 4. The lowest BCUT2D eigenvalue weighted by molar-refractivity contribution is 0.0899. The van der Waals surface area contributed by atoms with Crippen molar-refractivity contribution in [2.24, 2.45) is 5.92 Å². The van der Waals surface area contributed by atoms with Crippen molar-refractivity contribution in [1.82, 2.24) is 10.5 Å². The van der Waals surface area contributed by atoms with E-state index < -0.39 is 0 Å². The molecule has 0 radical (unpaired) electrons. The van der Waals surface area contributed by atoms with Crippen LogP contribution >= 0.6 is 0 Å². The van der Waals surface area contributed by atoms with Crippen LogP contribution in [0.25, 0.3) is 0 Å². The van der Waals surface area contributed by atoms with Crippen LogP contribution in [-0.4, -0.2) is 17.1 Å². The van der Waals surface area contributed by atoms with E-state index in [4.69, 9.17) is 9.26 Å². The zero-order valence-corrected chi connectivity index (χ0v) is 14.2. The maximum atomic E-state index is 12.6. The third-order valence-electron chi connectivity index (χ3n) is 4.75. The molecule has 2 unspecified atom stereocenters. The lowest BCUT2D eigenvalue weighted by Gasteiger charge is -2.29. The van der Waals surface area contributed by atoms with Crippen molar-refractivity contribution in [3.63, 3.8) is 0 Å². The van der Waals surface area contributed by atoms with Gasteiger partial charge in [-0.1, -0.05) is 43.1 Å². The maximum Gasteiger partial charge on any atom is 0.274 e. The largest absolute Gasteiger partial charge is 0.489 e. The minimum atomic E-state index is -0.169. The summed E-state index contributed by atoms with van der Waals surface area (Å²) in [6.45, 7) is 4.26. The summed E-state index contributed by atoms with van der Waals surface area (Å²) in [6.07, 6.45) is 4.59. The first-order valence-electron chi connectivity index (χ1n) is 8.59. The number of rotatable bonds is 5. The predicted octanol–water partition coefficient (Wildman–Crippen LogP) is 3.87. The lowest BCUT2D eigenvalue weighted by Crippen LogP contribution is -2.41. The van der Waals surface area contributed by atoms with Gasteiger partial charge in [0, 0.05) is 6.04 Å². The Balaban J connectivity index is 1.68. The number of aryl methyl sites for hydroxylation is 1. The number of aromatic nitrogens is 1. The second-order valence-corrected chi connectivity index (χ2v) is 6.51. The third kappa shape index (κ3) is 3.78. The van der Waals surface area contributed by atoms with Gasteiger partial charge in [0.1, 0.15) is 18.1 Å². The van der Waals surface area contributed by atoms with Gasteiger partial charge in [-0.2, -0.15) is 0 Å². The Morgan fingerprint density at radius 3 is 2.79 bits per heavy atom. The molecule has 1 aliphatic carbocycles. The van der Waals surface area contributed by atoms with Gasteiger partial charge in [-0.05, 0) is 37.8 Å². The molecule has 2 aromatic rings. The molecule has 1 aromatic carbocycles. The molecule has 1 saturated carbocycles. The summed E-state index contributed by atoms with van der Waals surface area (Å²) in [5.74, 6) is 1.70. The minimum absolute atomic E-state index is 0.169. The first kappa shape index (κ1) is 16.6. The first-order valence-corrected chi connectivity index (χ1v) is 8.59. The van der Waals surface area contributed by atoms with Gasteiger partial charge >= 0.3 is 0 Å². The van der Waals surface area contributed by atoms with Gasteiger partial charge in [-0.15, -0.1) is 0 Å². The molecule has 5 nitrogen and oxygen atoms in total. The molecule has 1 aromatic heterocycles. The number of para-hydroxylation sites is 1. The molecule has 1 N–H and O–H groups in total. The van der Waals surface area contributed by atoms with Gasteiger partial charge in [0.05, 0.1) is 5.56 Å². The smallest absolute Gasteiger partial charge is 0.274 e. The second kappa shape index (κ2) is 7.51. The van der Waals surface area contributed by atoms with E-state index in [9.17, 15) is 4.79 Å². The van der Waals surface area contributed by atoms with E-state index in [0.29, 0.717) is 22.9 Å². The Morgan fingerprint density at radius 1 is 1.29 bits per heavy atom. The summed E-state index contributed by atoms with van der Waals surface area (Å²) in [4.78, 5) is 12.6. The molecule has 0 bridgehead atoms. The van der Waals surface area contributed by atoms with Crippen LogP contribution in [0.5, 0.6) is 5.75 Å². The van der Waals surface area contributed by atoms with Crippen molar-refractivity contribution in [3.8, 4) is 5.75 Å². The fourth-order valence-corrected chi connectivity index (χ4v) is 3.18. The quantitative estimate of drug-likeness (QED) is 0.905. The molecule has 24 heavy (non-hydrogen) atoms. The topological polar surface area (TPSA) is 64.4 Å². The fourth-order valence-electron chi connectivity index (χ4n) is 3.18. The number of hydrogen-bond donors (Lipinski definition) is 1. The SMILES string of the molecule is Cc1onc(C(=O)NC2CCCCC2C)c1COc1ccccc1. The number of carbonyl (C=O) groups excluding carboxylic acids is 1. The van der Waals surface area contributed by atoms with Gasteiger partial charge < -0.3 is 14.6 Å². The van der Waals surface area contributed by atoms with Crippen molar-refractivity contribution in [2.45, 2.75) is 52.2 Å². The first-order chi connectivity index (χ1) is 11.6. The number of nitrogens with zero attached hydrogens (tertiary/aromatic N) is 1. The van der Waals surface area contributed by atoms with Crippen LogP contribution in [0.2, 0.25) is 0 Å². The van der Waals surface area contributed by atoms with Crippen LogP contribution in [-0.2, 0) is 6.61 Å². The summed E-state index contributed by atoms with van der Waals surface area (Å²) in [7, 11) is 0. The summed E-state index contributed by atoms with van der Waals surface area (Å²) < 4.78 is 11.0. The molecule has 1 amide bonds. The Bertz CT molecular complexity index is 681. The molecule has 0 saturated heterocycles. The van der Waals surface area contributed by atoms with E-state index in [1.165, 1.54) is 6.42 Å². The molecule has 1 fully saturated rings. The number of nitrogens with one attached hydrogen (secondary N) is 1. The standard InChI is InChI=1S/C19H24N2O3/c1-13-8-6-7-11-17(13)20-19(22)18-16(14(2)24-21-18)12-23-15-9-4-3-5-10-15/h3-5,9-10,13,17H,6-8,11-12H2,1-2H3,(H,20,22). The van der Waals surface area contributed by atoms with Gasteiger partial charge in [0.15, 0.2) is 5.69 Å². The highest BCUT2D eigenvalue weighted by atomic mass is 16.5. The third-order valence-corrected chi connectivity index (χ3v) is 4.75. The monoisotopic (exact) mass is 328 g/mol. The van der Waals surface area contributed by atoms with Gasteiger partial charge in [0.25, 0.3) is 5.91 Å². The van der Waals surface area contributed by atoms with Gasteiger partial charge in [0.2, 0.25) is 0 Å². The van der Waals surface area contributed by atoms with Gasteiger partial charge in [-0.3, -0.25) is 4.79 Å². The van der Waals surface area contributed by atoms with Crippen LogP contribution in [0.3, 0.4) is 0 Å². The zero-order valence-electron chi connectivity index (χ0n) is 14.2. The van der Waals surface area contributed by atoms with E-state index in [1.54, 1.807) is 6.92 Å². The number of amides is 1. The van der Waals surface area contributed by atoms with Crippen molar-refractivity contribution < 1.29 is 14.1 Å². The zero-order chi connectivity index (χ0) is 16.9. The summed E-state index contributed by atoms with van der Waals surface area (Å²) in [5.41, 5.74) is 1.04. The predicted molar refractivity (Wildman–Crippen MR) is 90.9 cm³/mol. The molecule has 2 atom stereocenters. The van der Waals surface area contributed by atoms with Crippen LogP contribution in [0, 0.1) is 12.8 Å². The van der Waals surface area contributed by atoms with E-state index in [1.807, 2.05) is 30.3 Å². The molecule has 0 spiro atoms. The number of ether oxygens (including phenoxy) is 1. The Hall–Kier alpha value is -2.30. The van der Waals surface area contributed by atoms with Crippen LogP contribution in [0.1, 0.15) is 54.4 Å². The maximum absolute atomic E-state index is 12.6. The minimum Gasteiger partial charge on any atom is -0.489 e. The van der Waals surface area contributed by atoms with E-state index in [0.717, 1.165) is 25.0 Å². The van der Waals surface area contributed by atoms with Crippen molar-refractivity contribution in [2.75, 3.05) is 0 Å². The molecular weight excluding hydrogens is 304 g/mol. The summed E-state index contributed by atoms with van der Waals surface area (Å²) >= 11 is 0. The lowest BCUT2D eigenvalue weighted by atomic mass is 9.86. The Kier molecular flexibility index (Phi) is 5.18. The highest BCUT2D eigenvalue weighted by Crippen LogP contribution is 2.24. The molecule has 5 heteroatoms. The van der Waals surface area contributed by atoms with Crippen LogP contribution in [0.15, 0.2) is 34.9 Å².